The predicted octanol–water partition coefficient (Wildman–Crippen LogP) is 2.99. The number of rotatable bonds is 5. The molecule has 1 aromatic carbocycles. The molecule has 0 amide bonds. The van der Waals surface area contributed by atoms with Crippen LogP contribution in [0, 0.1) is 5.92 Å². The van der Waals surface area contributed by atoms with Gasteiger partial charge in [0.25, 0.3) is 0 Å². The molecule has 1 atom stereocenters. The van der Waals surface area contributed by atoms with Gasteiger partial charge in [0.2, 0.25) is 0 Å². The number of pyridine rings is 1. The summed E-state index contributed by atoms with van der Waals surface area (Å²) in [6.07, 6.45) is 2.74. The van der Waals surface area contributed by atoms with E-state index < -0.39 is 0 Å². The normalized spacial score (nSPS) is 16.8. The summed E-state index contributed by atoms with van der Waals surface area (Å²) < 4.78 is 0. The van der Waals surface area contributed by atoms with Crippen molar-refractivity contribution in [2.75, 3.05) is 26.0 Å². The molecule has 0 spiro atoms. The summed E-state index contributed by atoms with van der Waals surface area (Å²) in [6.45, 7) is 0.975. The first-order chi connectivity index (χ1) is 9.24. The van der Waals surface area contributed by atoms with Crippen molar-refractivity contribution in [3.63, 3.8) is 0 Å². The molecule has 0 aliphatic heterocycles. The molecule has 1 saturated carbocycles. The fourth-order valence-corrected chi connectivity index (χ4v) is 2.63. The Kier molecular flexibility index (Phi) is 3.38. The van der Waals surface area contributed by atoms with Crippen LogP contribution in [-0.4, -0.2) is 36.6 Å². The van der Waals surface area contributed by atoms with Gasteiger partial charge in [0.05, 0.1) is 5.52 Å². The molecule has 3 rings (SSSR count). The maximum atomic E-state index is 4.66. The van der Waals surface area contributed by atoms with E-state index in [1.54, 1.807) is 0 Å². The van der Waals surface area contributed by atoms with Crippen LogP contribution in [0.4, 0.5) is 5.82 Å². The standard InChI is InChI=1S/C16H21N3/c1-19(2)15(13-7-8-13)11-17-16-10-9-12-5-3-4-6-14(12)18-16/h3-6,9-10,13,15H,7-8,11H2,1-2H3,(H,17,18). The Bertz CT molecular complexity index is 559. The van der Waals surface area contributed by atoms with Crippen LogP contribution in [0.25, 0.3) is 10.9 Å². The van der Waals surface area contributed by atoms with Crippen LogP contribution in [0.15, 0.2) is 36.4 Å². The van der Waals surface area contributed by atoms with E-state index in [9.17, 15) is 0 Å². The second-order valence-electron chi connectivity index (χ2n) is 5.64. The number of para-hydroxylation sites is 1. The first-order valence-corrected chi connectivity index (χ1v) is 7.00. The second-order valence-corrected chi connectivity index (χ2v) is 5.64. The predicted molar refractivity (Wildman–Crippen MR) is 80.4 cm³/mol. The zero-order chi connectivity index (χ0) is 13.2. The van der Waals surface area contributed by atoms with Crippen molar-refractivity contribution >= 4 is 16.7 Å². The molecular weight excluding hydrogens is 234 g/mol. The Hall–Kier alpha value is -1.61. The molecule has 2 aromatic rings. The van der Waals surface area contributed by atoms with Crippen LogP contribution in [0.3, 0.4) is 0 Å². The monoisotopic (exact) mass is 255 g/mol. The van der Waals surface area contributed by atoms with Gasteiger partial charge in [0.15, 0.2) is 0 Å². The average molecular weight is 255 g/mol. The van der Waals surface area contributed by atoms with E-state index in [1.807, 2.05) is 12.1 Å². The summed E-state index contributed by atoms with van der Waals surface area (Å²) >= 11 is 0. The van der Waals surface area contributed by atoms with E-state index in [4.69, 9.17) is 0 Å². The third-order valence-electron chi connectivity index (χ3n) is 3.92. The minimum Gasteiger partial charge on any atom is -0.368 e. The zero-order valence-corrected chi connectivity index (χ0v) is 11.6. The summed E-state index contributed by atoms with van der Waals surface area (Å²) in [7, 11) is 4.33. The lowest BCUT2D eigenvalue weighted by Gasteiger charge is -2.24. The molecule has 1 fully saturated rings. The molecule has 0 radical (unpaired) electrons. The summed E-state index contributed by atoms with van der Waals surface area (Å²) in [5.74, 6) is 1.84. The number of anilines is 1. The van der Waals surface area contributed by atoms with Gasteiger partial charge in [-0.25, -0.2) is 4.98 Å². The highest BCUT2D eigenvalue weighted by atomic mass is 15.1. The molecule has 1 unspecified atom stereocenters. The van der Waals surface area contributed by atoms with Crippen LogP contribution in [-0.2, 0) is 0 Å². The Morgan fingerprint density at radius 1 is 1.21 bits per heavy atom. The number of likely N-dealkylation sites (N-methyl/N-ethyl adjacent to an activating group) is 1. The van der Waals surface area contributed by atoms with Crippen molar-refractivity contribution in [2.45, 2.75) is 18.9 Å². The fraction of sp³-hybridized carbons (Fsp3) is 0.438. The molecular formula is C16H21N3. The van der Waals surface area contributed by atoms with Gasteiger partial charge in [0, 0.05) is 18.0 Å². The van der Waals surface area contributed by atoms with Gasteiger partial charge in [-0.2, -0.15) is 0 Å². The van der Waals surface area contributed by atoms with Crippen molar-refractivity contribution in [2.24, 2.45) is 5.92 Å². The van der Waals surface area contributed by atoms with E-state index >= 15 is 0 Å². The lowest BCUT2D eigenvalue weighted by Crippen LogP contribution is -2.36. The lowest BCUT2D eigenvalue weighted by atomic mass is 10.1. The third kappa shape index (κ3) is 2.87. The Morgan fingerprint density at radius 2 is 2.00 bits per heavy atom. The van der Waals surface area contributed by atoms with Gasteiger partial charge >= 0.3 is 0 Å². The van der Waals surface area contributed by atoms with Gasteiger partial charge in [-0.1, -0.05) is 18.2 Å². The number of aromatic nitrogens is 1. The largest absolute Gasteiger partial charge is 0.368 e. The SMILES string of the molecule is CN(C)C(CNc1ccc2ccccc2n1)C1CC1. The smallest absolute Gasteiger partial charge is 0.126 e. The highest BCUT2D eigenvalue weighted by Crippen LogP contribution is 2.34. The first kappa shape index (κ1) is 12.4. The minimum absolute atomic E-state index is 0.619. The summed E-state index contributed by atoms with van der Waals surface area (Å²) in [5.41, 5.74) is 1.06. The van der Waals surface area contributed by atoms with Gasteiger partial charge < -0.3 is 10.2 Å². The summed E-state index contributed by atoms with van der Waals surface area (Å²) in [6, 6.07) is 13.1. The van der Waals surface area contributed by atoms with Crippen molar-refractivity contribution in [1.29, 1.82) is 0 Å². The number of nitrogens with zero attached hydrogens (tertiary/aromatic N) is 2. The van der Waals surface area contributed by atoms with E-state index in [1.165, 1.54) is 18.2 Å². The van der Waals surface area contributed by atoms with Crippen molar-refractivity contribution < 1.29 is 0 Å². The molecule has 19 heavy (non-hydrogen) atoms. The van der Waals surface area contributed by atoms with Crippen LogP contribution >= 0.6 is 0 Å². The number of benzene rings is 1. The Morgan fingerprint density at radius 3 is 2.74 bits per heavy atom. The number of hydrogen-bond donors (Lipinski definition) is 1. The van der Waals surface area contributed by atoms with Crippen molar-refractivity contribution in [3.8, 4) is 0 Å². The summed E-state index contributed by atoms with van der Waals surface area (Å²) in [4.78, 5) is 6.98. The van der Waals surface area contributed by atoms with Crippen LogP contribution in [0.5, 0.6) is 0 Å². The molecule has 3 heteroatoms. The van der Waals surface area contributed by atoms with Gasteiger partial charge in [-0.05, 0) is 51.1 Å². The average Bonchev–Trinajstić information content (AvgIpc) is 3.23. The second kappa shape index (κ2) is 5.17. The van der Waals surface area contributed by atoms with E-state index in [-0.39, 0.29) is 0 Å². The minimum atomic E-state index is 0.619. The molecule has 1 N–H and O–H groups in total. The van der Waals surface area contributed by atoms with E-state index in [0.29, 0.717) is 6.04 Å². The molecule has 1 aliphatic carbocycles. The topological polar surface area (TPSA) is 28.2 Å². The lowest BCUT2D eigenvalue weighted by molar-refractivity contribution is 0.276. The zero-order valence-electron chi connectivity index (χ0n) is 11.6. The number of hydrogen-bond acceptors (Lipinski definition) is 3. The van der Waals surface area contributed by atoms with Crippen LogP contribution < -0.4 is 5.32 Å². The third-order valence-corrected chi connectivity index (χ3v) is 3.92. The molecule has 0 saturated heterocycles. The van der Waals surface area contributed by atoms with Gasteiger partial charge in [0.1, 0.15) is 5.82 Å². The number of nitrogens with one attached hydrogen (secondary N) is 1. The Labute approximate surface area is 114 Å². The van der Waals surface area contributed by atoms with E-state index in [2.05, 4.69) is 53.6 Å². The molecule has 0 bridgehead atoms. The van der Waals surface area contributed by atoms with Crippen LogP contribution in [0.1, 0.15) is 12.8 Å². The molecule has 1 aromatic heterocycles. The number of fused-ring (bicyclic) bond motifs is 1. The van der Waals surface area contributed by atoms with Gasteiger partial charge in [-0.15, -0.1) is 0 Å². The van der Waals surface area contributed by atoms with Crippen LogP contribution in [0.2, 0.25) is 0 Å². The van der Waals surface area contributed by atoms with E-state index in [0.717, 1.165) is 23.8 Å². The highest BCUT2D eigenvalue weighted by molar-refractivity contribution is 5.80. The quantitative estimate of drug-likeness (QED) is 0.890. The molecule has 1 heterocycles. The summed E-state index contributed by atoms with van der Waals surface area (Å²) in [5, 5.41) is 4.68. The Balaban J connectivity index is 1.70. The van der Waals surface area contributed by atoms with Crippen molar-refractivity contribution in [3.05, 3.63) is 36.4 Å². The maximum Gasteiger partial charge on any atom is 0.126 e. The van der Waals surface area contributed by atoms with Crippen molar-refractivity contribution in [1.82, 2.24) is 9.88 Å². The fourth-order valence-electron chi connectivity index (χ4n) is 2.63. The highest BCUT2D eigenvalue weighted by Gasteiger charge is 2.32. The molecule has 3 nitrogen and oxygen atoms in total. The first-order valence-electron chi connectivity index (χ1n) is 7.00. The maximum absolute atomic E-state index is 4.66. The molecule has 1 aliphatic rings. The molecule has 100 valence electrons. The van der Waals surface area contributed by atoms with Gasteiger partial charge in [-0.3, -0.25) is 0 Å².